The van der Waals surface area contributed by atoms with E-state index in [4.69, 9.17) is 5.73 Å². The molecule has 3 N–H and O–H groups in total. The van der Waals surface area contributed by atoms with Crippen LogP contribution >= 0.6 is 0 Å². The van der Waals surface area contributed by atoms with E-state index in [2.05, 4.69) is 10.4 Å². The second kappa shape index (κ2) is 5.13. The van der Waals surface area contributed by atoms with Crippen LogP contribution in [-0.4, -0.2) is 26.9 Å². The van der Waals surface area contributed by atoms with Crippen molar-refractivity contribution < 1.29 is 0 Å². The monoisotopic (exact) mass is 241 g/mol. The zero-order chi connectivity index (χ0) is 13.2. The Bertz CT molecular complexity index is 502. The fourth-order valence-corrected chi connectivity index (χ4v) is 1.46. The van der Waals surface area contributed by atoms with Crippen molar-refractivity contribution in [1.29, 1.82) is 0 Å². The molecule has 1 heterocycles. The second-order valence-corrected chi connectivity index (χ2v) is 4.35. The number of nitrogens with zero attached hydrogens (tertiary/aromatic N) is 3. The summed E-state index contributed by atoms with van der Waals surface area (Å²) in [6, 6.07) is -0.0484. The number of nitrogens with one attached hydrogen (secondary N) is 1. The molecule has 1 unspecified atom stereocenters. The van der Waals surface area contributed by atoms with Crippen molar-refractivity contribution in [2.75, 3.05) is 11.9 Å². The number of rotatable bonds is 4. The molecule has 1 aromatic rings. The standard InChI is InChI=1S/C10H19N5O2/c1-6(2)7(5-11)12-8-9(16)14(3)10(17)15(4)13-8/h6-7H,5,11H2,1-4H3,(H,12,13). The molecule has 0 bridgehead atoms. The van der Waals surface area contributed by atoms with Gasteiger partial charge in [-0.25, -0.2) is 9.48 Å². The van der Waals surface area contributed by atoms with E-state index in [1.54, 1.807) is 0 Å². The van der Waals surface area contributed by atoms with E-state index < -0.39 is 11.2 Å². The Morgan fingerprint density at radius 2 is 1.94 bits per heavy atom. The smallest absolute Gasteiger partial charge is 0.346 e. The van der Waals surface area contributed by atoms with Crippen molar-refractivity contribution in [2.45, 2.75) is 19.9 Å². The van der Waals surface area contributed by atoms with Crippen LogP contribution in [0.4, 0.5) is 5.82 Å². The average Bonchev–Trinajstić information content (AvgIpc) is 2.29. The maximum absolute atomic E-state index is 11.8. The number of aromatic nitrogens is 3. The van der Waals surface area contributed by atoms with Gasteiger partial charge in [-0.3, -0.25) is 9.36 Å². The first-order chi connectivity index (χ1) is 7.88. The molecule has 0 aliphatic rings. The second-order valence-electron chi connectivity index (χ2n) is 4.35. The van der Waals surface area contributed by atoms with Crippen LogP contribution in [0.15, 0.2) is 9.59 Å². The summed E-state index contributed by atoms with van der Waals surface area (Å²) in [5.41, 5.74) is 4.72. The highest BCUT2D eigenvalue weighted by Crippen LogP contribution is 2.04. The molecule has 0 fully saturated rings. The first-order valence-electron chi connectivity index (χ1n) is 5.49. The molecule has 17 heavy (non-hydrogen) atoms. The summed E-state index contributed by atoms with van der Waals surface area (Å²) in [6.45, 7) is 4.39. The lowest BCUT2D eigenvalue weighted by atomic mass is 10.1. The summed E-state index contributed by atoms with van der Waals surface area (Å²) >= 11 is 0. The summed E-state index contributed by atoms with van der Waals surface area (Å²) in [6.07, 6.45) is 0. The van der Waals surface area contributed by atoms with Crippen LogP contribution in [0, 0.1) is 5.92 Å². The molecule has 7 nitrogen and oxygen atoms in total. The lowest BCUT2D eigenvalue weighted by molar-refractivity contribution is 0.520. The summed E-state index contributed by atoms with van der Waals surface area (Å²) in [5, 5.41) is 6.88. The van der Waals surface area contributed by atoms with E-state index in [1.807, 2.05) is 13.8 Å². The van der Waals surface area contributed by atoms with Crippen molar-refractivity contribution >= 4 is 5.82 Å². The highest BCUT2D eigenvalue weighted by Gasteiger charge is 2.15. The summed E-state index contributed by atoms with van der Waals surface area (Å²) in [7, 11) is 2.92. The van der Waals surface area contributed by atoms with E-state index in [0.717, 1.165) is 9.25 Å². The van der Waals surface area contributed by atoms with E-state index >= 15 is 0 Å². The Morgan fingerprint density at radius 1 is 1.35 bits per heavy atom. The Morgan fingerprint density at radius 3 is 2.41 bits per heavy atom. The topological polar surface area (TPSA) is 94.9 Å². The minimum atomic E-state index is -0.450. The van der Waals surface area contributed by atoms with E-state index in [-0.39, 0.29) is 17.8 Å². The van der Waals surface area contributed by atoms with Crippen molar-refractivity contribution in [1.82, 2.24) is 14.3 Å². The van der Waals surface area contributed by atoms with Gasteiger partial charge in [0.2, 0.25) is 5.82 Å². The largest absolute Gasteiger partial charge is 0.360 e. The van der Waals surface area contributed by atoms with Crippen molar-refractivity contribution in [3.8, 4) is 0 Å². The van der Waals surface area contributed by atoms with Crippen molar-refractivity contribution in [3.63, 3.8) is 0 Å². The molecule has 0 spiro atoms. The highest BCUT2D eigenvalue weighted by molar-refractivity contribution is 5.31. The summed E-state index contributed by atoms with van der Waals surface area (Å²) in [5.74, 6) is 0.419. The normalized spacial score (nSPS) is 12.8. The minimum Gasteiger partial charge on any atom is -0.360 e. The van der Waals surface area contributed by atoms with Gasteiger partial charge in [-0.2, -0.15) is 0 Å². The zero-order valence-corrected chi connectivity index (χ0v) is 10.6. The predicted octanol–water partition coefficient (Wildman–Crippen LogP) is -1.13. The average molecular weight is 241 g/mol. The van der Waals surface area contributed by atoms with Gasteiger partial charge in [0.1, 0.15) is 0 Å². The molecule has 0 aromatic carbocycles. The van der Waals surface area contributed by atoms with E-state index in [0.29, 0.717) is 6.54 Å². The van der Waals surface area contributed by atoms with Gasteiger partial charge in [0.15, 0.2) is 0 Å². The molecule has 1 aromatic heterocycles. The van der Waals surface area contributed by atoms with Gasteiger partial charge in [-0.05, 0) is 5.92 Å². The Labute approximate surface area is 99.2 Å². The van der Waals surface area contributed by atoms with Crippen LogP contribution in [-0.2, 0) is 14.1 Å². The molecular formula is C10H19N5O2. The number of anilines is 1. The predicted molar refractivity (Wildman–Crippen MR) is 66.0 cm³/mol. The number of hydrogen-bond donors (Lipinski definition) is 2. The lowest BCUT2D eigenvalue weighted by Gasteiger charge is -2.20. The zero-order valence-electron chi connectivity index (χ0n) is 10.6. The molecule has 96 valence electrons. The number of nitrogens with two attached hydrogens (primary N) is 1. The minimum absolute atomic E-state index is 0.0484. The molecule has 0 amide bonds. The van der Waals surface area contributed by atoms with Gasteiger partial charge in [-0.1, -0.05) is 13.8 Å². The SMILES string of the molecule is CC(C)C(CN)Nc1nn(C)c(=O)n(C)c1=O. The molecule has 0 radical (unpaired) electrons. The van der Waals surface area contributed by atoms with Crippen LogP contribution in [0.25, 0.3) is 0 Å². The molecule has 0 aliphatic carbocycles. The van der Waals surface area contributed by atoms with E-state index in [1.165, 1.54) is 14.1 Å². The van der Waals surface area contributed by atoms with Gasteiger partial charge in [-0.15, -0.1) is 5.10 Å². The Kier molecular flexibility index (Phi) is 4.06. The van der Waals surface area contributed by atoms with Crippen LogP contribution in [0.1, 0.15) is 13.8 Å². The first kappa shape index (κ1) is 13.4. The molecule has 0 saturated heterocycles. The van der Waals surface area contributed by atoms with Crippen LogP contribution < -0.4 is 22.3 Å². The molecule has 7 heteroatoms. The van der Waals surface area contributed by atoms with Gasteiger partial charge < -0.3 is 11.1 Å². The Hall–Kier alpha value is -1.63. The third-order valence-electron chi connectivity index (χ3n) is 2.70. The lowest BCUT2D eigenvalue weighted by Crippen LogP contribution is -2.43. The summed E-state index contributed by atoms with van der Waals surface area (Å²) < 4.78 is 2.14. The third kappa shape index (κ3) is 2.73. The quantitative estimate of drug-likeness (QED) is 0.696. The Balaban J connectivity index is 3.16. The fraction of sp³-hybridized carbons (Fsp3) is 0.700. The van der Waals surface area contributed by atoms with Crippen molar-refractivity contribution in [2.24, 2.45) is 25.7 Å². The maximum Gasteiger partial charge on any atom is 0.346 e. The first-order valence-corrected chi connectivity index (χ1v) is 5.49. The highest BCUT2D eigenvalue weighted by atomic mass is 16.2. The van der Waals surface area contributed by atoms with Gasteiger partial charge in [0.25, 0.3) is 5.56 Å². The van der Waals surface area contributed by atoms with Crippen LogP contribution in [0.3, 0.4) is 0 Å². The van der Waals surface area contributed by atoms with Gasteiger partial charge in [0, 0.05) is 26.7 Å². The fourth-order valence-electron chi connectivity index (χ4n) is 1.46. The van der Waals surface area contributed by atoms with Crippen molar-refractivity contribution in [3.05, 3.63) is 20.8 Å². The third-order valence-corrected chi connectivity index (χ3v) is 2.70. The van der Waals surface area contributed by atoms with Gasteiger partial charge in [0.05, 0.1) is 0 Å². The molecular weight excluding hydrogens is 222 g/mol. The summed E-state index contributed by atoms with van der Waals surface area (Å²) in [4.78, 5) is 23.2. The number of aryl methyl sites for hydroxylation is 1. The van der Waals surface area contributed by atoms with Crippen LogP contribution in [0.5, 0.6) is 0 Å². The number of hydrogen-bond acceptors (Lipinski definition) is 5. The molecule has 1 rings (SSSR count). The van der Waals surface area contributed by atoms with Crippen LogP contribution in [0.2, 0.25) is 0 Å². The molecule has 1 atom stereocenters. The molecule has 0 aliphatic heterocycles. The van der Waals surface area contributed by atoms with Gasteiger partial charge >= 0.3 is 5.69 Å². The van der Waals surface area contributed by atoms with E-state index in [9.17, 15) is 9.59 Å². The molecule has 0 saturated carbocycles. The maximum atomic E-state index is 11.8.